The first-order valence-corrected chi connectivity index (χ1v) is 12.8. The smallest absolute Gasteiger partial charge is 0.0875 e. The van der Waals surface area contributed by atoms with Gasteiger partial charge in [-0.3, -0.25) is 4.98 Å². The number of aromatic nitrogens is 1. The van der Waals surface area contributed by atoms with Crippen molar-refractivity contribution in [2.24, 2.45) is 0 Å². The molecule has 0 N–H and O–H groups in total. The molecule has 0 saturated carbocycles. The van der Waals surface area contributed by atoms with E-state index in [4.69, 9.17) is 0 Å². The normalized spacial score (nSPS) is 11.5. The van der Waals surface area contributed by atoms with Gasteiger partial charge in [-0.15, -0.1) is 0 Å². The molecule has 1 nitrogen and oxygen atoms in total. The van der Waals surface area contributed by atoms with Crippen LogP contribution in [0, 0.1) is 0 Å². The van der Waals surface area contributed by atoms with Crippen LogP contribution >= 0.6 is 0 Å². The van der Waals surface area contributed by atoms with E-state index in [2.05, 4.69) is 120 Å². The second-order valence-electron chi connectivity index (χ2n) is 8.44. The predicted octanol–water partition coefficient (Wildman–Crippen LogP) is 5.84. The first kappa shape index (κ1) is 19.7. The largest absolute Gasteiger partial charge is 0.265 e. The van der Waals surface area contributed by atoms with Gasteiger partial charge in [-0.2, -0.15) is 0 Å². The molecule has 6 aromatic rings. The lowest BCUT2D eigenvalue weighted by molar-refractivity contribution is 1.33. The van der Waals surface area contributed by atoms with Crippen LogP contribution in [0.15, 0.2) is 128 Å². The Labute approximate surface area is 196 Å². The summed E-state index contributed by atoms with van der Waals surface area (Å²) in [5.41, 5.74) is 5.08. The summed E-state index contributed by atoms with van der Waals surface area (Å²) in [4.78, 5) is 4.26. The maximum atomic E-state index is 4.26. The standard InChI is InChI=1S/C31H23NSi/c1-3-9-22(10-4-1)31-27-14-8-7-13-26(27)30(23-17-19-32-20-18-23)28-16-15-25(21-29(28)31)33-24-11-5-2-6-12-24/h1-21H,33H2. The van der Waals surface area contributed by atoms with Gasteiger partial charge in [-0.05, 0) is 55.9 Å². The fourth-order valence-corrected chi connectivity index (χ4v) is 6.43. The van der Waals surface area contributed by atoms with E-state index in [0.717, 1.165) is 0 Å². The van der Waals surface area contributed by atoms with Crippen LogP contribution < -0.4 is 10.4 Å². The van der Waals surface area contributed by atoms with E-state index in [1.165, 1.54) is 54.2 Å². The molecule has 0 spiro atoms. The lowest BCUT2D eigenvalue weighted by Crippen LogP contribution is -2.26. The molecule has 0 fully saturated rings. The first-order chi connectivity index (χ1) is 16.4. The highest BCUT2D eigenvalue weighted by Crippen LogP contribution is 2.42. The summed E-state index contributed by atoms with van der Waals surface area (Å²) in [5, 5.41) is 8.12. The van der Waals surface area contributed by atoms with Crippen molar-refractivity contribution in [1.29, 1.82) is 0 Å². The molecule has 0 bridgehead atoms. The molecular weight excluding hydrogens is 414 g/mol. The minimum absolute atomic E-state index is 0.555. The van der Waals surface area contributed by atoms with Crippen LogP contribution in [0.2, 0.25) is 0 Å². The fourth-order valence-electron chi connectivity index (χ4n) is 4.91. The fraction of sp³-hybridized carbons (Fsp3) is 0. The third-order valence-corrected chi connectivity index (χ3v) is 8.10. The molecular formula is C31H23NSi. The molecule has 5 aromatic carbocycles. The maximum Gasteiger partial charge on any atom is 0.0875 e. The van der Waals surface area contributed by atoms with Gasteiger partial charge in [0.1, 0.15) is 0 Å². The number of nitrogens with zero attached hydrogens (tertiary/aromatic N) is 1. The Balaban J connectivity index is 1.71. The molecule has 0 amide bonds. The average Bonchev–Trinajstić information content (AvgIpc) is 2.89. The van der Waals surface area contributed by atoms with Crippen LogP contribution in [0.1, 0.15) is 0 Å². The molecule has 0 aliphatic rings. The lowest BCUT2D eigenvalue weighted by Gasteiger charge is -2.18. The molecule has 0 saturated heterocycles. The Morgan fingerprint density at radius 2 is 0.970 bits per heavy atom. The molecule has 156 valence electrons. The van der Waals surface area contributed by atoms with Gasteiger partial charge >= 0.3 is 0 Å². The van der Waals surface area contributed by atoms with Gasteiger partial charge in [-0.25, -0.2) is 0 Å². The summed E-state index contributed by atoms with van der Waals surface area (Å²) in [6.45, 7) is 0. The average molecular weight is 438 g/mol. The molecule has 6 rings (SSSR count). The molecule has 0 unspecified atom stereocenters. The summed E-state index contributed by atoms with van der Waals surface area (Å²) < 4.78 is 0. The van der Waals surface area contributed by atoms with Crippen LogP contribution in [0.5, 0.6) is 0 Å². The van der Waals surface area contributed by atoms with Crippen molar-refractivity contribution in [2.45, 2.75) is 0 Å². The maximum absolute atomic E-state index is 4.26. The van der Waals surface area contributed by atoms with Gasteiger partial charge in [0.05, 0.1) is 9.52 Å². The zero-order chi connectivity index (χ0) is 22.0. The van der Waals surface area contributed by atoms with Crippen molar-refractivity contribution in [1.82, 2.24) is 4.98 Å². The Hall–Kier alpha value is -4.01. The third-order valence-electron chi connectivity index (χ3n) is 6.37. The van der Waals surface area contributed by atoms with Crippen LogP contribution in [0.4, 0.5) is 0 Å². The Morgan fingerprint density at radius 1 is 0.424 bits per heavy atom. The molecule has 0 atom stereocenters. The van der Waals surface area contributed by atoms with E-state index < -0.39 is 9.52 Å². The highest BCUT2D eigenvalue weighted by atomic mass is 28.2. The SMILES string of the molecule is c1ccc([SiH2]c2ccc3c(-c4ccncc4)c4ccccc4c(-c4ccccc4)c3c2)cc1. The Bertz CT molecular complexity index is 1560. The molecule has 1 heterocycles. The van der Waals surface area contributed by atoms with Gasteiger partial charge in [-0.1, -0.05) is 114 Å². The van der Waals surface area contributed by atoms with Crippen LogP contribution in [0.3, 0.4) is 0 Å². The summed E-state index contributed by atoms with van der Waals surface area (Å²) in [6.07, 6.45) is 3.77. The number of hydrogen-bond donors (Lipinski definition) is 0. The van der Waals surface area contributed by atoms with Crippen molar-refractivity contribution in [3.63, 3.8) is 0 Å². The third kappa shape index (κ3) is 3.65. The van der Waals surface area contributed by atoms with E-state index in [9.17, 15) is 0 Å². The predicted molar refractivity (Wildman–Crippen MR) is 144 cm³/mol. The summed E-state index contributed by atoms with van der Waals surface area (Å²) >= 11 is 0. The van der Waals surface area contributed by atoms with Crippen molar-refractivity contribution in [2.75, 3.05) is 0 Å². The number of benzene rings is 5. The van der Waals surface area contributed by atoms with E-state index in [-0.39, 0.29) is 0 Å². The number of pyridine rings is 1. The quantitative estimate of drug-likeness (QED) is 0.249. The monoisotopic (exact) mass is 437 g/mol. The van der Waals surface area contributed by atoms with E-state index in [1.54, 1.807) is 0 Å². The molecule has 1 aromatic heterocycles. The Kier molecular flexibility index (Phi) is 5.06. The van der Waals surface area contributed by atoms with Gasteiger partial charge in [0.25, 0.3) is 0 Å². The van der Waals surface area contributed by atoms with E-state index in [1.807, 2.05) is 12.4 Å². The minimum atomic E-state index is -0.555. The highest BCUT2D eigenvalue weighted by Gasteiger charge is 2.17. The number of rotatable bonds is 4. The van der Waals surface area contributed by atoms with Crippen molar-refractivity contribution in [3.8, 4) is 22.3 Å². The topological polar surface area (TPSA) is 12.9 Å². The lowest BCUT2D eigenvalue weighted by atomic mass is 9.86. The second kappa shape index (κ2) is 8.49. The second-order valence-corrected chi connectivity index (χ2v) is 10.4. The minimum Gasteiger partial charge on any atom is -0.265 e. The van der Waals surface area contributed by atoms with Gasteiger partial charge in [0.15, 0.2) is 0 Å². The highest BCUT2D eigenvalue weighted by molar-refractivity contribution is 6.67. The Morgan fingerprint density at radius 3 is 1.67 bits per heavy atom. The number of hydrogen-bond acceptors (Lipinski definition) is 1. The molecule has 0 radical (unpaired) electrons. The first-order valence-electron chi connectivity index (χ1n) is 11.4. The molecule has 33 heavy (non-hydrogen) atoms. The van der Waals surface area contributed by atoms with Crippen LogP contribution in [-0.4, -0.2) is 14.5 Å². The molecule has 0 aliphatic heterocycles. The van der Waals surface area contributed by atoms with Crippen LogP contribution in [0.25, 0.3) is 43.8 Å². The zero-order valence-electron chi connectivity index (χ0n) is 18.3. The van der Waals surface area contributed by atoms with Crippen molar-refractivity contribution >= 4 is 41.4 Å². The molecule has 2 heteroatoms. The van der Waals surface area contributed by atoms with Crippen molar-refractivity contribution in [3.05, 3.63) is 128 Å². The van der Waals surface area contributed by atoms with Gasteiger partial charge in [0, 0.05) is 12.4 Å². The van der Waals surface area contributed by atoms with E-state index >= 15 is 0 Å². The molecule has 0 aliphatic carbocycles. The van der Waals surface area contributed by atoms with Crippen molar-refractivity contribution < 1.29 is 0 Å². The van der Waals surface area contributed by atoms with Crippen LogP contribution in [-0.2, 0) is 0 Å². The van der Waals surface area contributed by atoms with Gasteiger partial charge < -0.3 is 0 Å². The van der Waals surface area contributed by atoms with E-state index in [0.29, 0.717) is 0 Å². The zero-order valence-corrected chi connectivity index (χ0v) is 19.7. The number of fused-ring (bicyclic) bond motifs is 2. The summed E-state index contributed by atoms with van der Waals surface area (Å²) in [7, 11) is -0.555. The summed E-state index contributed by atoms with van der Waals surface area (Å²) in [6, 6.07) is 41.9. The van der Waals surface area contributed by atoms with Gasteiger partial charge in [0.2, 0.25) is 0 Å². The summed E-state index contributed by atoms with van der Waals surface area (Å²) in [5.74, 6) is 0.